The van der Waals surface area contributed by atoms with Crippen molar-refractivity contribution in [2.75, 3.05) is 19.9 Å². The van der Waals surface area contributed by atoms with E-state index in [0.717, 1.165) is 24.0 Å². The second kappa shape index (κ2) is 9.33. The molecule has 3 heterocycles. The molecule has 5 rings (SSSR count). The minimum Gasteiger partial charge on any atom is -0.454 e. The topological polar surface area (TPSA) is 112 Å². The van der Waals surface area contributed by atoms with Gasteiger partial charge in [0.25, 0.3) is 0 Å². The summed E-state index contributed by atoms with van der Waals surface area (Å²) in [6, 6.07) is 12.1. The van der Waals surface area contributed by atoms with E-state index in [9.17, 15) is 13.2 Å². The van der Waals surface area contributed by atoms with Crippen molar-refractivity contribution < 1.29 is 27.1 Å². The van der Waals surface area contributed by atoms with Crippen LogP contribution in [-0.2, 0) is 21.1 Å². The summed E-state index contributed by atoms with van der Waals surface area (Å²) in [5, 5.41) is 7.96. The molecule has 0 aliphatic carbocycles. The normalized spacial score (nSPS) is 17.7. The van der Waals surface area contributed by atoms with Gasteiger partial charge in [-0.3, -0.25) is 4.79 Å². The number of hydrogen-bond acceptors (Lipinski definition) is 8. The number of piperidine rings is 1. The van der Waals surface area contributed by atoms with Crippen LogP contribution in [0.15, 0.2) is 51.8 Å². The molecule has 0 saturated carbocycles. The van der Waals surface area contributed by atoms with E-state index in [1.807, 2.05) is 23.1 Å². The van der Waals surface area contributed by atoms with E-state index in [0.29, 0.717) is 36.4 Å². The Bertz CT molecular complexity index is 1330. The van der Waals surface area contributed by atoms with Crippen molar-refractivity contribution in [3.63, 3.8) is 0 Å². The predicted octanol–water partition coefficient (Wildman–Crippen LogP) is 3.60. The van der Waals surface area contributed by atoms with Crippen LogP contribution in [0.5, 0.6) is 11.5 Å². The van der Waals surface area contributed by atoms with Gasteiger partial charge in [0, 0.05) is 18.7 Å². The van der Waals surface area contributed by atoms with Crippen LogP contribution in [0, 0.1) is 0 Å². The van der Waals surface area contributed by atoms with Crippen LogP contribution in [0.4, 0.5) is 0 Å². The number of sulfone groups is 1. The van der Waals surface area contributed by atoms with Crippen molar-refractivity contribution in [1.82, 2.24) is 15.1 Å². The highest BCUT2D eigenvalue weighted by Crippen LogP contribution is 2.36. The Kier molecular flexibility index (Phi) is 6.22. The summed E-state index contributed by atoms with van der Waals surface area (Å²) < 4.78 is 41.4. The number of hydrogen-bond donors (Lipinski definition) is 0. The molecule has 9 nitrogen and oxygen atoms in total. The third-order valence-electron chi connectivity index (χ3n) is 6.41. The number of amides is 1. The molecule has 1 amide bonds. The SMILES string of the molecule is CC(C)S(=O)(=O)c1ccc(CC(=O)N2CCC[C@H](c3nnc(-c4ccc5c(c4)OCO5)o3)C2)cc1. The van der Waals surface area contributed by atoms with Gasteiger partial charge in [-0.15, -0.1) is 10.2 Å². The second-order valence-corrected chi connectivity index (χ2v) is 11.6. The van der Waals surface area contributed by atoms with Crippen molar-refractivity contribution >= 4 is 15.7 Å². The Balaban J connectivity index is 1.24. The van der Waals surface area contributed by atoms with E-state index in [1.165, 1.54) is 0 Å². The first-order valence-corrected chi connectivity index (χ1v) is 13.2. The van der Waals surface area contributed by atoms with Crippen molar-refractivity contribution in [3.05, 3.63) is 53.9 Å². The maximum absolute atomic E-state index is 13.0. The van der Waals surface area contributed by atoms with Crippen LogP contribution in [0.25, 0.3) is 11.5 Å². The van der Waals surface area contributed by atoms with Crippen LogP contribution >= 0.6 is 0 Å². The second-order valence-electron chi connectivity index (χ2n) is 9.11. The van der Waals surface area contributed by atoms with Gasteiger partial charge in [-0.1, -0.05) is 12.1 Å². The number of carbonyl (C=O) groups excluding carboxylic acids is 1. The molecule has 2 aromatic carbocycles. The summed E-state index contributed by atoms with van der Waals surface area (Å²) in [4.78, 5) is 15.1. The number of carbonyl (C=O) groups is 1. The summed E-state index contributed by atoms with van der Waals surface area (Å²) in [5.74, 6) is 2.19. The summed E-state index contributed by atoms with van der Waals surface area (Å²) in [6.45, 7) is 4.67. The Morgan fingerprint density at radius 1 is 1.09 bits per heavy atom. The van der Waals surface area contributed by atoms with Crippen LogP contribution in [-0.4, -0.2) is 54.6 Å². The van der Waals surface area contributed by atoms with Crippen LogP contribution in [0.2, 0.25) is 0 Å². The molecule has 1 atom stereocenters. The van der Waals surface area contributed by atoms with Gasteiger partial charge in [0.15, 0.2) is 21.3 Å². The summed E-state index contributed by atoms with van der Waals surface area (Å²) in [5.41, 5.74) is 1.53. The standard InChI is InChI=1S/C25H27N3O6S/c1-16(2)35(30,31)20-8-5-17(6-9-20)12-23(29)28-11-3-4-19(14-28)25-27-26-24(34-25)18-7-10-21-22(13-18)33-15-32-21/h5-10,13,16,19H,3-4,11-12,14-15H2,1-2H3/t19-/m0/s1. The highest BCUT2D eigenvalue weighted by molar-refractivity contribution is 7.92. The number of likely N-dealkylation sites (tertiary alicyclic amines) is 1. The van der Waals surface area contributed by atoms with Gasteiger partial charge in [-0.25, -0.2) is 8.42 Å². The molecular formula is C25H27N3O6S. The molecular weight excluding hydrogens is 470 g/mol. The van der Waals surface area contributed by atoms with E-state index in [1.54, 1.807) is 38.1 Å². The van der Waals surface area contributed by atoms with Crippen molar-refractivity contribution in [2.45, 2.75) is 49.2 Å². The first-order valence-electron chi connectivity index (χ1n) is 11.7. The number of nitrogens with zero attached hydrogens (tertiary/aromatic N) is 3. The third kappa shape index (κ3) is 4.75. The van der Waals surface area contributed by atoms with E-state index < -0.39 is 15.1 Å². The van der Waals surface area contributed by atoms with Crippen molar-refractivity contribution in [2.24, 2.45) is 0 Å². The quantitative estimate of drug-likeness (QED) is 0.508. The lowest BCUT2D eigenvalue weighted by Crippen LogP contribution is -2.40. The largest absolute Gasteiger partial charge is 0.454 e. The lowest BCUT2D eigenvalue weighted by molar-refractivity contribution is -0.131. The molecule has 184 valence electrons. The lowest BCUT2D eigenvalue weighted by Gasteiger charge is -2.31. The molecule has 0 radical (unpaired) electrons. The van der Waals surface area contributed by atoms with Crippen molar-refractivity contribution in [3.8, 4) is 23.0 Å². The monoisotopic (exact) mass is 497 g/mol. The zero-order valence-electron chi connectivity index (χ0n) is 19.6. The molecule has 1 aromatic heterocycles. The minimum atomic E-state index is -3.33. The molecule has 0 spiro atoms. The number of aromatic nitrogens is 2. The maximum atomic E-state index is 13.0. The molecule has 0 N–H and O–H groups in total. The molecule has 0 unspecified atom stereocenters. The van der Waals surface area contributed by atoms with E-state index >= 15 is 0 Å². The zero-order valence-corrected chi connectivity index (χ0v) is 20.5. The minimum absolute atomic E-state index is 0.00956. The van der Waals surface area contributed by atoms with Gasteiger partial charge in [-0.05, 0) is 62.6 Å². The first-order chi connectivity index (χ1) is 16.8. The average molecular weight is 498 g/mol. The highest BCUT2D eigenvalue weighted by Gasteiger charge is 2.29. The summed E-state index contributed by atoms with van der Waals surface area (Å²) in [6.07, 6.45) is 1.90. The number of rotatable bonds is 6. The van der Waals surface area contributed by atoms with Crippen LogP contribution in [0.3, 0.4) is 0 Å². The molecule has 2 aliphatic heterocycles. The Hall–Kier alpha value is -3.40. The Morgan fingerprint density at radius 2 is 1.86 bits per heavy atom. The summed E-state index contributed by atoms with van der Waals surface area (Å²) >= 11 is 0. The fraction of sp³-hybridized carbons (Fsp3) is 0.400. The molecule has 1 saturated heterocycles. The maximum Gasteiger partial charge on any atom is 0.247 e. The fourth-order valence-electron chi connectivity index (χ4n) is 4.31. The highest BCUT2D eigenvalue weighted by atomic mass is 32.2. The van der Waals surface area contributed by atoms with Crippen LogP contribution in [0.1, 0.15) is 44.1 Å². The van der Waals surface area contributed by atoms with Crippen LogP contribution < -0.4 is 9.47 Å². The van der Waals surface area contributed by atoms with Gasteiger partial charge in [0.1, 0.15) is 0 Å². The van der Waals surface area contributed by atoms with Gasteiger partial charge >= 0.3 is 0 Å². The summed E-state index contributed by atoms with van der Waals surface area (Å²) in [7, 11) is -3.33. The van der Waals surface area contributed by atoms with Gasteiger partial charge in [0.05, 0.1) is 22.5 Å². The molecule has 3 aromatic rings. The number of benzene rings is 2. The number of fused-ring (bicyclic) bond motifs is 1. The molecule has 35 heavy (non-hydrogen) atoms. The Labute approximate surface area is 204 Å². The van der Waals surface area contributed by atoms with Crippen molar-refractivity contribution in [1.29, 1.82) is 0 Å². The first kappa shape index (κ1) is 23.3. The predicted molar refractivity (Wildman–Crippen MR) is 127 cm³/mol. The number of ether oxygens (including phenoxy) is 2. The fourth-order valence-corrected chi connectivity index (χ4v) is 5.37. The Morgan fingerprint density at radius 3 is 2.63 bits per heavy atom. The third-order valence-corrected chi connectivity index (χ3v) is 8.58. The van der Waals surface area contributed by atoms with E-state index in [-0.39, 0.29) is 29.9 Å². The van der Waals surface area contributed by atoms with E-state index in [2.05, 4.69) is 10.2 Å². The lowest BCUT2D eigenvalue weighted by atomic mass is 9.97. The molecule has 2 aliphatic rings. The zero-order chi connectivity index (χ0) is 24.6. The van der Waals surface area contributed by atoms with Gasteiger partial charge in [-0.2, -0.15) is 0 Å². The van der Waals surface area contributed by atoms with Gasteiger partial charge in [0.2, 0.25) is 24.5 Å². The average Bonchev–Trinajstić information content (AvgIpc) is 3.54. The van der Waals surface area contributed by atoms with Gasteiger partial charge < -0.3 is 18.8 Å². The smallest absolute Gasteiger partial charge is 0.247 e. The van der Waals surface area contributed by atoms with E-state index in [4.69, 9.17) is 13.9 Å². The molecule has 1 fully saturated rings. The molecule has 10 heteroatoms. The molecule has 0 bridgehead atoms.